The number of hydrogen-bond acceptors (Lipinski definition) is 3. The van der Waals surface area contributed by atoms with Crippen molar-refractivity contribution in [2.75, 3.05) is 11.9 Å². The number of halogens is 3. The number of nitrogens with zero attached hydrogens (tertiary/aromatic N) is 1. The summed E-state index contributed by atoms with van der Waals surface area (Å²) in [5.41, 5.74) is 0.793. The molecule has 3 atom stereocenters. The van der Waals surface area contributed by atoms with E-state index in [2.05, 4.69) is 17.2 Å². The van der Waals surface area contributed by atoms with Crippen LogP contribution in [0.5, 0.6) is 0 Å². The second-order valence-corrected chi connectivity index (χ2v) is 6.86. The summed E-state index contributed by atoms with van der Waals surface area (Å²) in [5.74, 6) is 0.0205. The van der Waals surface area contributed by atoms with Crippen LogP contribution in [0, 0.1) is 5.92 Å². The van der Waals surface area contributed by atoms with E-state index in [1.165, 1.54) is 6.07 Å². The van der Waals surface area contributed by atoms with Crippen LogP contribution in [0.3, 0.4) is 0 Å². The second kappa shape index (κ2) is 5.73. The highest BCUT2D eigenvalue weighted by molar-refractivity contribution is 5.57. The molecule has 6 heteroatoms. The maximum atomic E-state index is 13.1. The Balaban J connectivity index is 1.83. The Bertz CT molecular complexity index is 778. The fourth-order valence-corrected chi connectivity index (χ4v) is 4.04. The first-order valence-electron chi connectivity index (χ1n) is 8.43. The number of ether oxygens (including phenoxy) is 1. The number of pyridine rings is 1. The minimum absolute atomic E-state index is 0.0205. The van der Waals surface area contributed by atoms with Crippen LogP contribution in [0.15, 0.2) is 42.5 Å². The van der Waals surface area contributed by atoms with E-state index in [0.29, 0.717) is 18.0 Å². The zero-order valence-corrected chi connectivity index (χ0v) is 13.8. The zero-order chi connectivity index (χ0) is 17.7. The first kappa shape index (κ1) is 16.4. The number of rotatable bonds is 1. The van der Waals surface area contributed by atoms with Crippen LogP contribution in [0.2, 0.25) is 0 Å². The third-order valence-electron chi connectivity index (χ3n) is 5.32. The quantitative estimate of drug-likeness (QED) is 0.795. The van der Waals surface area contributed by atoms with Crippen LogP contribution >= 0.6 is 0 Å². The molecule has 132 valence electrons. The smallest absolute Gasteiger partial charge is 0.374 e. The molecule has 2 aliphatic rings. The van der Waals surface area contributed by atoms with Crippen molar-refractivity contribution in [3.05, 3.63) is 59.4 Å². The Kier molecular flexibility index (Phi) is 3.76. The van der Waals surface area contributed by atoms with Gasteiger partial charge < -0.3 is 10.1 Å². The van der Waals surface area contributed by atoms with Crippen LogP contribution in [0.25, 0.3) is 0 Å². The van der Waals surface area contributed by atoms with Gasteiger partial charge in [-0.1, -0.05) is 30.3 Å². The van der Waals surface area contributed by atoms with E-state index >= 15 is 0 Å². The van der Waals surface area contributed by atoms with Crippen molar-refractivity contribution in [3.8, 4) is 0 Å². The van der Waals surface area contributed by atoms with Gasteiger partial charge in [-0.3, -0.25) is 0 Å². The average molecular weight is 348 g/mol. The number of alkyl halides is 3. The van der Waals surface area contributed by atoms with Gasteiger partial charge in [-0.25, -0.2) is 4.98 Å². The van der Waals surface area contributed by atoms with Crippen molar-refractivity contribution in [2.45, 2.75) is 37.6 Å². The summed E-state index contributed by atoms with van der Waals surface area (Å²) >= 11 is 0. The van der Waals surface area contributed by atoms with Crippen molar-refractivity contribution in [1.82, 2.24) is 4.98 Å². The molecule has 1 aromatic heterocycles. The van der Waals surface area contributed by atoms with Gasteiger partial charge in [0.15, 0.2) is 0 Å². The lowest BCUT2D eigenvalue weighted by molar-refractivity contribution is -0.141. The van der Waals surface area contributed by atoms with Crippen molar-refractivity contribution >= 4 is 5.69 Å². The van der Waals surface area contributed by atoms with Crippen molar-refractivity contribution in [3.63, 3.8) is 0 Å². The van der Waals surface area contributed by atoms with Gasteiger partial charge in [-0.05, 0) is 37.5 Å². The summed E-state index contributed by atoms with van der Waals surface area (Å²) in [4.78, 5) is 3.92. The normalized spacial score (nSPS) is 28.6. The second-order valence-electron chi connectivity index (χ2n) is 6.86. The van der Waals surface area contributed by atoms with Crippen LogP contribution in [0.4, 0.5) is 18.9 Å². The predicted molar refractivity (Wildman–Crippen MR) is 88.1 cm³/mol. The molecule has 25 heavy (non-hydrogen) atoms. The van der Waals surface area contributed by atoms with E-state index in [1.54, 1.807) is 0 Å². The maximum absolute atomic E-state index is 13.1. The molecule has 1 saturated heterocycles. The molecule has 2 aliphatic heterocycles. The minimum atomic E-state index is -4.46. The van der Waals surface area contributed by atoms with Crippen molar-refractivity contribution < 1.29 is 17.9 Å². The molecule has 0 bridgehead atoms. The average Bonchev–Trinajstić information content (AvgIpc) is 2.62. The molecular formula is C19H19F3N2O. The summed E-state index contributed by atoms with van der Waals surface area (Å²) in [6, 6.07) is 12.5. The Labute approximate surface area is 144 Å². The Hall–Kier alpha value is -2.08. The topological polar surface area (TPSA) is 34.2 Å². The molecule has 1 aromatic carbocycles. The molecule has 4 rings (SSSR count). The third-order valence-corrected chi connectivity index (χ3v) is 5.32. The van der Waals surface area contributed by atoms with Gasteiger partial charge in [0, 0.05) is 12.5 Å². The molecule has 0 amide bonds. The Morgan fingerprint density at radius 2 is 1.92 bits per heavy atom. The molecule has 0 unspecified atom stereocenters. The standard InChI is InChI=1S/C19H19F3N2O/c1-18(12-6-3-2-4-7-12)13-8-5-11-25-17(13)16-14(24-18)9-10-15(23-16)19(20,21)22/h2-4,6-7,9-10,13,17,24H,5,8,11H2,1H3/t13-,17+,18-/m1/s1. The van der Waals surface area contributed by atoms with Crippen LogP contribution in [-0.2, 0) is 16.5 Å². The molecule has 1 fully saturated rings. The number of aromatic nitrogens is 1. The molecule has 1 N–H and O–H groups in total. The molecule has 0 spiro atoms. The highest BCUT2D eigenvalue weighted by Crippen LogP contribution is 2.51. The number of benzene rings is 1. The van der Waals surface area contributed by atoms with E-state index in [1.807, 2.05) is 30.3 Å². The zero-order valence-electron chi connectivity index (χ0n) is 13.8. The summed E-state index contributed by atoms with van der Waals surface area (Å²) in [5, 5.41) is 3.46. The molecule has 3 heterocycles. The van der Waals surface area contributed by atoms with Gasteiger partial charge in [0.05, 0.1) is 16.9 Å². The SMILES string of the molecule is C[C@]1(c2ccccc2)Nc2ccc(C(F)(F)F)nc2[C@H]2OCCC[C@H]21. The Morgan fingerprint density at radius 1 is 1.16 bits per heavy atom. The Morgan fingerprint density at radius 3 is 2.64 bits per heavy atom. The lowest BCUT2D eigenvalue weighted by Gasteiger charge is -2.49. The number of fused-ring (bicyclic) bond motifs is 3. The number of hydrogen-bond donors (Lipinski definition) is 1. The van der Waals surface area contributed by atoms with Gasteiger partial charge in [-0.2, -0.15) is 13.2 Å². The van der Waals surface area contributed by atoms with Gasteiger partial charge in [0.1, 0.15) is 11.8 Å². The first-order chi connectivity index (χ1) is 11.9. The van der Waals surface area contributed by atoms with Crippen LogP contribution in [-0.4, -0.2) is 11.6 Å². The highest BCUT2D eigenvalue weighted by Gasteiger charge is 2.49. The van der Waals surface area contributed by atoms with Crippen LogP contribution in [0.1, 0.15) is 42.8 Å². The fraction of sp³-hybridized carbons (Fsp3) is 0.421. The van der Waals surface area contributed by atoms with Crippen molar-refractivity contribution in [1.29, 1.82) is 0 Å². The van der Waals surface area contributed by atoms with E-state index < -0.39 is 23.5 Å². The molecule has 0 aliphatic carbocycles. The van der Waals surface area contributed by atoms with Gasteiger partial charge in [0.25, 0.3) is 0 Å². The van der Waals surface area contributed by atoms with E-state index in [9.17, 15) is 13.2 Å². The highest BCUT2D eigenvalue weighted by atomic mass is 19.4. The van der Waals surface area contributed by atoms with E-state index in [-0.39, 0.29) is 5.92 Å². The summed E-state index contributed by atoms with van der Waals surface area (Å²) in [6.45, 7) is 2.64. The van der Waals surface area contributed by atoms with Crippen LogP contribution < -0.4 is 5.32 Å². The lowest BCUT2D eigenvalue weighted by Crippen LogP contribution is -2.49. The molecule has 0 radical (unpaired) electrons. The van der Waals surface area contributed by atoms with Gasteiger partial charge >= 0.3 is 6.18 Å². The summed E-state index contributed by atoms with van der Waals surface area (Å²) in [6.07, 6.45) is -3.13. The van der Waals surface area contributed by atoms with E-state index in [0.717, 1.165) is 24.5 Å². The monoisotopic (exact) mass is 348 g/mol. The molecule has 0 saturated carbocycles. The summed E-state index contributed by atoms with van der Waals surface area (Å²) in [7, 11) is 0. The van der Waals surface area contributed by atoms with Gasteiger partial charge in [-0.15, -0.1) is 0 Å². The van der Waals surface area contributed by atoms with Crippen molar-refractivity contribution in [2.24, 2.45) is 5.92 Å². The molecular weight excluding hydrogens is 329 g/mol. The van der Waals surface area contributed by atoms with Gasteiger partial charge in [0.2, 0.25) is 0 Å². The fourth-order valence-electron chi connectivity index (χ4n) is 4.04. The third kappa shape index (κ3) is 2.68. The number of nitrogens with one attached hydrogen (secondary N) is 1. The first-order valence-corrected chi connectivity index (χ1v) is 8.43. The maximum Gasteiger partial charge on any atom is 0.433 e. The predicted octanol–water partition coefficient (Wildman–Crippen LogP) is 4.91. The molecule has 3 nitrogen and oxygen atoms in total. The largest absolute Gasteiger partial charge is 0.433 e. The minimum Gasteiger partial charge on any atom is -0.374 e. The molecule has 2 aromatic rings. The number of anilines is 1. The summed E-state index contributed by atoms with van der Waals surface area (Å²) < 4.78 is 45.1. The van der Waals surface area contributed by atoms with E-state index in [4.69, 9.17) is 4.74 Å². The lowest BCUT2D eigenvalue weighted by atomic mass is 9.70.